The van der Waals surface area contributed by atoms with Crippen molar-refractivity contribution in [1.82, 2.24) is 19.5 Å². The van der Waals surface area contributed by atoms with E-state index in [1.54, 1.807) is 18.7 Å². The van der Waals surface area contributed by atoms with Crippen molar-refractivity contribution < 1.29 is 4.79 Å². The highest BCUT2D eigenvalue weighted by molar-refractivity contribution is 5.97. The highest BCUT2D eigenvalue weighted by Gasteiger charge is 2.25. The van der Waals surface area contributed by atoms with Gasteiger partial charge in [-0.05, 0) is 44.7 Å². The molecule has 1 unspecified atom stereocenters. The summed E-state index contributed by atoms with van der Waals surface area (Å²) < 4.78 is 1.85. The van der Waals surface area contributed by atoms with E-state index >= 15 is 0 Å². The maximum atomic E-state index is 13.3. The van der Waals surface area contributed by atoms with Gasteiger partial charge in [-0.2, -0.15) is 0 Å². The number of aryl methyl sites for hydroxylation is 3. The molecule has 0 radical (unpaired) electrons. The van der Waals surface area contributed by atoms with E-state index in [0.717, 1.165) is 41.9 Å². The van der Waals surface area contributed by atoms with Crippen molar-refractivity contribution in [2.45, 2.75) is 46.1 Å². The highest BCUT2D eigenvalue weighted by Crippen LogP contribution is 2.27. The first kappa shape index (κ1) is 18.9. The van der Waals surface area contributed by atoms with Crippen molar-refractivity contribution in [1.29, 1.82) is 0 Å². The second-order valence-corrected chi connectivity index (χ2v) is 6.91. The number of aromatic nitrogens is 4. The summed E-state index contributed by atoms with van der Waals surface area (Å²) in [5.74, 6) is 1.08. The van der Waals surface area contributed by atoms with Gasteiger partial charge in [-0.25, -0.2) is 9.97 Å². The van der Waals surface area contributed by atoms with Crippen LogP contribution in [0.2, 0.25) is 0 Å². The summed E-state index contributed by atoms with van der Waals surface area (Å²) in [6, 6.07) is 5.87. The zero-order valence-corrected chi connectivity index (χ0v) is 16.2. The smallest absolute Gasteiger partial charge is 0.249 e. The standard InChI is InChI=1S/C21H27N5O/c1-16-7-6-8-17(2)20(16)26(13-5-4-9-19-23-10-11-24-19)21(27)18(3)25-14-12-22-15-25/h6-8,10-12,14-15,18H,4-5,9,13H2,1-3H3,(H,23,24). The van der Waals surface area contributed by atoms with Crippen LogP contribution in [0.4, 0.5) is 5.69 Å². The van der Waals surface area contributed by atoms with Crippen LogP contribution in [0, 0.1) is 13.8 Å². The fourth-order valence-electron chi connectivity index (χ4n) is 3.41. The minimum atomic E-state index is -0.295. The maximum Gasteiger partial charge on any atom is 0.249 e. The number of unbranched alkanes of at least 4 members (excludes halogenated alkanes) is 1. The lowest BCUT2D eigenvalue weighted by Crippen LogP contribution is -2.38. The molecule has 3 rings (SSSR count). The van der Waals surface area contributed by atoms with Crippen molar-refractivity contribution in [3.05, 3.63) is 66.3 Å². The van der Waals surface area contributed by atoms with Gasteiger partial charge in [0.2, 0.25) is 5.91 Å². The Kier molecular flexibility index (Phi) is 6.06. The summed E-state index contributed by atoms with van der Waals surface area (Å²) in [5.41, 5.74) is 3.26. The number of aromatic amines is 1. The molecule has 6 heteroatoms. The number of H-pyrrole nitrogens is 1. The van der Waals surface area contributed by atoms with Crippen LogP contribution in [0.1, 0.15) is 42.8 Å². The van der Waals surface area contributed by atoms with E-state index in [4.69, 9.17) is 0 Å². The van der Waals surface area contributed by atoms with Gasteiger partial charge in [0.15, 0.2) is 0 Å². The van der Waals surface area contributed by atoms with Crippen LogP contribution < -0.4 is 4.90 Å². The first-order valence-electron chi connectivity index (χ1n) is 9.41. The Labute approximate surface area is 160 Å². The summed E-state index contributed by atoms with van der Waals surface area (Å²) in [6.07, 6.45) is 11.6. The molecule has 0 fully saturated rings. The van der Waals surface area contributed by atoms with Gasteiger partial charge < -0.3 is 14.5 Å². The molecule has 2 heterocycles. The van der Waals surface area contributed by atoms with Crippen molar-refractivity contribution in [3.8, 4) is 0 Å². The van der Waals surface area contributed by atoms with Crippen LogP contribution in [-0.2, 0) is 11.2 Å². The van der Waals surface area contributed by atoms with E-state index in [-0.39, 0.29) is 11.9 Å². The van der Waals surface area contributed by atoms with Crippen LogP contribution in [0.25, 0.3) is 0 Å². The molecule has 0 bridgehead atoms. The number of rotatable bonds is 8. The maximum absolute atomic E-state index is 13.3. The molecule has 142 valence electrons. The van der Waals surface area contributed by atoms with Crippen LogP contribution in [0.15, 0.2) is 49.3 Å². The fraction of sp³-hybridized carbons (Fsp3) is 0.381. The molecule has 2 aromatic heterocycles. The molecule has 3 aromatic rings. The number of hydrogen-bond donors (Lipinski definition) is 1. The van der Waals surface area contributed by atoms with E-state index in [2.05, 4.69) is 40.9 Å². The summed E-state index contributed by atoms with van der Waals surface area (Å²) in [7, 11) is 0. The Morgan fingerprint density at radius 1 is 1.22 bits per heavy atom. The predicted molar refractivity (Wildman–Crippen MR) is 107 cm³/mol. The first-order valence-corrected chi connectivity index (χ1v) is 9.41. The molecular formula is C21H27N5O. The molecule has 27 heavy (non-hydrogen) atoms. The third-order valence-corrected chi connectivity index (χ3v) is 4.91. The number of nitrogens with zero attached hydrogens (tertiary/aromatic N) is 4. The average molecular weight is 365 g/mol. The van der Waals surface area contributed by atoms with Gasteiger partial charge in [0, 0.05) is 43.4 Å². The number of carbonyl (C=O) groups excluding carboxylic acids is 1. The van der Waals surface area contributed by atoms with Crippen molar-refractivity contribution in [2.24, 2.45) is 0 Å². The number of para-hydroxylation sites is 1. The topological polar surface area (TPSA) is 66.8 Å². The molecule has 0 aliphatic heterocycles. The summed E-state index contributed by atoms with van der Waals surface area (Å²) >= 11 is 0. The number of imidazole rings is 2. The van der Waals surface area contributed by atoms with E-state index in [0.29, 0.717) is 6.54 Å². The van der Waals surface area contributed by atoms with Gasteiger partial charge in [0.05, 0.1) is 6.33 Å². The van der Waals surface area contributed by atoms with Gasteiger partial charge in [-0.15, -0.1) is 0 Å². The first-order chi connectivity index (χ1) is 13.1. The van der Waals surface area contributed by atoms with E-state index in [1.807, 2.05) is 34.9 Å². The predicted octanol–water partition coefficient (Wildman–Crippen LogP) is 3.84. The van der Waals surface area contributed by atoms with Gasteiger partial charge >= 0.3 is 0 Å². The lowest BCUT2D eigenvalue weighted by Gasteiger charge is -2.29. The molecule has 0 spiro atoms. The number of nitrogens with one attached hydrogen (secondary N) is 1. The van der Waals surface area contributed by atoms with Crippen molar-refractivity contribution >= 4 is 11.6 Å². The highest BCUT2D eigenvalue weighted by atomic mass is 16.2. The Morgan fingerprint density at radius 3 is 2.63 bits per heavy atom. The summed E-state index contributed by atoms with van der Waals surface area (Å²) in [6.45, 7) is 6.73. The molecule has 1 atom stereocenters. The minimum Gasteiger partial charge on any atom is -0.349 e. The van der Waals surface area contributed by atoms with E-state index in [1.165, 1.54) is 0 Å². The molecule has 6 nitrogen and oxygen atoms in total. The Hall–Kier alpha value is -2.89. The van der Waals surface area contributed by atoms with E-state index in [9.17, 15) is 4.79 Å². The van der Waals surface area contributed by atoms with Crippen LogP contribution >= 0.6 is 0 Å². The lowest BCUT2D eigenvalue weighted by atomic mass is 10.1. The normalized spacial score (nSPS) is 12.1. The molecule has 1 N–H and O–H groups in total. The molecule has 0 saturated heterocycles. The van der Waals surface area contributed by atoms with Gasteiger partial charge in [0.25, 0.3) is 0 Å². The Bertz CT molecular complexity index is 835. The zero-order valence-electron chi connectivity index (χ0n) is 16.2. The SMILES string of the molecule is Cc1cccc(C)c1N(CCCCc1ncc[nH]1)C(=O)C(C)n1ccnc1. The van der Waals surface area contributed by atoms with Gasteiger partial charge in [-0.3, -0.25) is 4.79 Å². The van der Waals surface area contributed by atoms with Crippen LogP contribution in [0.5, 0.6) is 0 Å². The Balaban J connectivity index is 1.77. The Morgan fingerprint density at radius 2 is 2.00 bits per heavy atom. The molecule has 0 aliphatic carbocycles. The molecule has 1 aromatic carbocycles. The number of anilines is 1. The monoisotopic (exact) mass is 365 g/mol. The van der Waals surface area contributed by atoms with Crippen LogP contribution in [-0.4, -0.2) is 32.0 Å². The molecular weight excluding hydrogens is 338 g/mol. The van der Waals surface area contributed by atoms with Gasteiger partial charge in [0.1, 0.15) is 11.9 Å². The number of hydrogen-bond acceptors (Lipinski definition) is 3. The lowest BCUT2D eigenvalue weighted by molar-refractivity contribution is -0.121. The molecule has 0 saturated carbocycles. The average Bonchev–Trinajstić information content (AvgIpc) is 3.36. The molecule has 1 amide bonds. The largest absolute Gasteiger partial charge is 0.349 e. The van der Waals surface area contributed by atoms with Gasteiger partial charge in [-0.1, -0.05) is 18.2 Å². The molecule has 0 aliphatic rings. The van der Waals surface area contributed by atoms with E-state index < -0.39 is 0 Å². The second kappa shape index (κ2) is 8.66. The van der Waals surface area contributed by atoms with Crippen LogP contribution in [0.3, 0.4) is 0 Å². The number of amides is 1. The second-order valence-electron chi connectivity index (χ2n) is 6.91. The summed E-state index contributed by atoms with van der Waals surface area (Å²) in [5, 5.41) is 0. The third kappa shape index (κ3) is 4.45. The van der Waals surface area contributed by atoms with Crippen molar-refractivity contribution in [2.75, 3.05) is 11.4 Å². The third-order valence-electron chi connectivity index (χ3n) is 4.91. The van der Waals surface area contributed by atoms with Crippen molar-refractivity contribution in [3.63, 3.8) is 0 Å². The quantitative estimate of drug-likeness (QED) is 0.617. The summed E-state index contributed by atoms with van der Waals surface area (Å²) in [4.78, 5) is 26.8. The number of carbonyl (C=O) groups is 1. The number of benzene rings is 1. The fourth-order valence-corrected chi connectivity index (χ4v) is 3.41. The minimum absolute atomic E-state index is 0.0865. The zero-order chi connectivity index (χ0) is 19.2.